The lowest BCUT2D eigenvalue weighted by molar-refractivity contribution is -0.140. The molecule has 0 unspecified atom stereocenters. The van der Waals surface area contributed by atoms with E-state index in [0.29, 0.717) is 17.8 Å². The second-order valence-corrected chi connectivity index (χ2v) is 25.3. The Balaban J connectivity index is 0.000000950. The number of Topliss-reactive ketones (excluding diaryl/α,β-unsaturated/α-hetero) is 1. The highest BCUT2D eigenvalue weighted by molar-refractivity contribution is 6.87. The van der Waals surface area contributed by atoms with Crippen molar-refractivity contribution in [3.05, 3.63) is 52.7 Å². The maximum absolute atomic E-state index is 12.4. The number of carbonyl (C=O) groups excluding carboxylic acids is 3. The molecule has 1 aromatic rings. The summed E-state index contributed by atoms with van der Waals surface area (Å²) in [5.41, 5.74) is 3.36. The average molecular weight is 623 g/mol. The average Bonchev–Trinajstić information content (AvgIpc) is 2.78. The number of amides is 1. The standard InChI is InChI=1S/C18H39NO5Si3.C12H15NO/c1-11-22-18(21)16(15(2)3)17(20)19-13-12-14-27(10,23-25(4,5)6)24-26(7,8)9;1-9(2)12(10(3)14)13-11-7-5-4-6-8-11/h11-14H2,1-10H3,(H,19,20);4-8,13H,1-3H3. The zero-order valence-electron chi connectivity index (χ0n) is 27.7. The van der Waals surface area contributed by atoms with Crippen LogP contribution in [0.1, 0.15) is 48.0 Å². The highest BCUT2D eigenvalue weighted by Crippen LogP contribution is 2.25. The number of anilines is 1. The number of para-hydroxylation sites is 1. The first kappa shape index (κ1) is 38.7. The Kier molecular flexibility index (Phi) is 16.6. The van der Waals surface area contributed by atoms with Gasteiger partial charge in [0.1, 0.15) is 5.57 Å². The monoisotopic (exact) mass is 622 g/mol. The van der Waals surface area contributed by atoms with Gasteiger partial charge in [0.2, 0.25) is 0 Å². The van der Waals surface area contributed by atoms with E-state index in [2.05, 4.69) is 56.5 Å². The molecule has 41 heavy (non-hydrogen) atoms. The number of ether oxygens (including phenoxy) is 1. The van der Waals surface area contributed by atoms with Gasteiger partial charge in [0.05, 0.1) is 12.3 Å². The minimum absolute atomic E-state index is 0.0638. The van der Waals surface area contributed by atoms with E-state index in [1.54, 1.807) is 27.7 Å². The van der Waals surface area contributed by atoms with Crippen molar-refractivity contribution in [1.82, 2.24) is 5.32 Å². The molecule has 0 aromatic heterocycles. The Hall–Kier alpha value is -2.32. The van der Waals surface area contributed by atoms with E-state index in [-0.39, 0.29) is 23.9 Å². The molecular weight excluding hydrogens is 569 g/mol. The first-order chi connectivity index (χ1) is 18.7. The summed E-state index contributed by atoms with van der Waals surface area (Å²) in [5.74, 6) is -0.888. The lowest BCUT2D eigenvalue weighted by Gasteiger charge is -2.38. The summed E-state index contributed by atoms with van der Waals surface area (Å²) >= 11 is 0. The maximum Gasteiger partial charge on any atom is 0.343 e. The van der Waals surface area contributed by atoms with Gasteiger partial charge in [0.15, 0.2) is 22.4 Å². The molecule has 0 aliphatic rings. The maximum atomic E-state index is 12.4. The Morgan fingerprint density at radius 2 is 1.29 bits per heavy atom. The second-order valence-electron chi connectivity index (χ2n) is 12.4. The fraction of sp³-hybridized carbons (Fsp3) is 0.567. The zero-order valence-corrected chi connectivity index (χ0v) is 30.7. The molecule has 0 atom stereocenters. The number of allylic oxidation sites excluding steroid dienone is 3. The first-order valence-corrected chi connectivity index (χ1v) is 23.6. The number of carbonyl (C=O) groups is 3. The first-order valence-electron chi connectivity index (χ1n) is 14.2. The van der Waals surface area contributed by atoms with Crippen LogP contribution in [-0.4, -0.2) is 56.0 Å². The van der Waals surface area contributed by atoms with Gasteiger partial charge in [-0.05, 0) is 111 Å². The number of benzene rings is 1. The molecule has 11 heteroatoms. The third-order valence-corrected chi connectivity index (χ3v) is 14.9. The number of hydrogen-bond donors (Lipinski definition) is 2. The molecule has 232 valence electrons. The number of nitrogens with one attached hydrogen (secondary N) is 2. The zero-order chi connectivity index (χ0) is 32.0. The smallest absolute Gasteiger partial charge is 0.343 e. The summed E-state index contributed by atoms with van der Waals surface area (Å²) < 4.78 is 17.9. The van der Waals surface area contributed by atoms with Crippen LogP contribution >= 0.6 is 0 Å². The summed E-state index contributed by atoms with van der Waals surface area (Å²) in [4.78, 5) is 35.6. The second kappa shape index (κ2) is 17.6. The van der Waals surface area contributed by atoms with Gasteiger partial charge in [0, 0.05) is 19.2 Å². The van der Waals surface area contributed by atoms with E-state index in [4.69, 9.17) is 13.0 Å². The molecule has 1 amide bonds. The highest BCUT2D eigenvalue weighted by atomic mass is 28.5. The van der Waals surface area contributed by atoms with Crippen LogP contribution in [-0.2, 0) is 27.4 Å². The molecule has 0 saturated carbocycles. The van der Waals surface area contributed by atoms with E-state index in [9.17, 15) is 14.4 Å². The molecule has 8 nitrogen and oxygen atoms in total. The van der Waals surface area contributed by atoms with Gasteiger partial charge in [-0.15, -0.1) is 0 Å². The van der Waals surface area contributed by atoms with Crippen molar-refractivity contribution in [1.29, 1.82) is 0 Å². The molecule has 0 aliphatic heterocycles. The van der Waals surface area contributed by atoms with Gasteiger partial charge in [-0.2, -0.15) is 0 Å². The van der Waals surface area contributed by atoms with Crippen molar-refractivity contribution >= 4 is 48.5 Å². The van der Waals surface area contributed by atoms with Gasteiger partial charge in [-0.1, -0.05) is 23.8 Å². The molecule has 0 heterocycles. The normalized spacial score (nSPS) is 11.4. The summed E-state index contributed by atoms with van der Waals surface area (Å²) in [7, 11) is -5.76. The number of ketones is 1. The van der Waals surface area contributed by atoms with E-state index < -0.39 is 31.2 Å². The number of esters is 1. The third-order valence-electron chi connectivity index (χ3n) is 5.24. The van der Waals surface area contributed by atoms with Crippen LogP contribution < -0.4 is 10.6 Å². The van der Waals surface area contributed by atoms with E-state index in [1.165, 1.54) is 0 Å². The minimum atomic E-state index is -2.31. The van der Waals surface area contributed by atoms with Crippen molar-refractivity contribution in [2.24, 2.45) is 0 Å². The van der Waals surface area contributed by atoms with Crippen LogP contribution in [0.2, 0.25) is 51.9 Å². The van der Waals surface area contributed by atoms with Gasteiger partial charge in [0.25, 0.3) is 5.91 Å². The highest BCUT2D eigenvalue weighted by Gasteiger charge is 2.39. The van der Waals surface area contributed by atoms with Crippen LogP contribution in [0.5, 0.6) is 0 Å². The summed E-state index contributed by atoms with van der Waals surface area (Å²) in [5, 5.41) is 5.95. The number of rotatable bonds is 14. The van der Waals surface area contributed by atoms with Crippen molar-refractivity contribution < 1.29 is 27.4 Å². The van der Waals surface area contributed by atoms with Gasteiger partial charge in [-0.25, -0.2) is 4.79 Å². The quantitative estimate of drug-likeness (QED) is 0.0567. The molecule has 1 rings (SSSR count). The lowest BCUT2D eigenvalue weighted by Crippen LogP contribution is -2.52. The van der Waals surface area contributed by atoms with Crippen LogP contribution in [0.3, 0.4) is 0 Å². The van der Waals surface area contributed by atoms with E-state index >= 15 is 0 Å². The van der Waals surface area contributed by atoms with Crippen LogP contribution in [0.25, 0.3) is 0 Å². The lowest BCUT2D eigenvalue weighted by atomic mass is 10.1. The van der Waals surface area contributed by atoms with Crippen LogP contribution in [0.15, 0.2) is 52.7 Å². The van der Waals surface area contributed by atoms with Gasteiger partial charge >= 0.3 is 14.5 Å². The summed E-state index contributed by atoms with van der Waals surface area (Å²) in [6, 6.07) is 10.5. The van der Waals surface area contributed by atoms with Crippen LogP contribution in [0.4, 0.5) is 5.69 Å². The Morgan fingerprint density at radius 3 is 1.68 bits per heavy atom. The molecule has 0 saturated heterocycles. The van der Waals surface area contributed by atoms with E-state index in [1.807, 2.05) is 44.2 Å². The largest absolute Gasteiger partial charge is 0.462 e. The fourth-order valence-corrected chi connectivity index (χ4v) is 16.6. The molecule has 0 fully saturated rings. The SMILES string of the molecule is CC(=O)C(Nc1ccccc1)=C(C)C.CCOC(=O)C(C(=O)NCCC[Si](C)(O[Si](C)(C)C)O[Si](C)(C)C)=C(C)C. The molecule has 0 aliphatic carbocycles. The molecule has 0 spiro atoms. The topological polar surface area (TPSA) is 103 Å². The molecule has 1 aromatic carbocycles. The van der Waals surface area contributed by atoms with Crippen LogP contribution in [0, 0.1) is 0 Å². The van der Waals surface area contributed by atoms with Crippen molar-refractivity contribution in [3.8, 4) is 0 Å². The molecular formula is C30H54N2O6Si3. The fourth-order valence-electron chi connectivity index (χ4n) is 4.08. The molecule has 2 N–H and O–H groups in total. The van der Waals surface area contributed by atoms with E-state index in [0.717, 1.165) is 23.7 Å². The summed E-state index contributed by atoms with van der Waals surface area (Å²) in [6.07, 6.45) is 0.752. The predicted octanol–water partition coefficient (Wildman–Crippen LogP) is 7.15. The van der Waals surface area contributed by atoms with Gasteiger partial charge < -0.3 is 23.6 Å². The third kappa shape index (κ3) is 17.3. The Morgan fingerprint density at radius 1 is 0.780 bits per heavy atom. The number of hydrogen-bond acceptors (Lipinski definition) is 7. The summed E-state index contributed by atoms with van der Waals surface area (Å²) in [6.45, 7) is 26.5. The molecule has 0 radical (unpaired) electrons. The Labute approximate surface area is 251 Å². The minimum Gasteiger partial charge on any atom is -0.462 e. The van der Waals surface area contributed by atoms with Gasteiger partial charge in [-0.3, -0.25) is 9.59 Å². The Bertz CT molecular complexity index is 1050. The van der Waals surface area contributed by atoms with Crippen molar-refractivity contribution in [2.75, 3.05) is 18.5 Å². The van der Waals surface area contributed by atoms with Crippen molar-refractivity contribution in [3.63, 3.8) is 0 Å². The predicted molar refractivity (Wildman–Crippen MR) is 177 cm³/mol. The molecule has 0 bridgehead atoms. The van der Waals surface area contributed by atoms with Crippen molar-refractivity contribution in [2.45, 2.75) is 99.8 Å².